The molecule has 3 heteroatoms. The highest BCUT2D eigenvalue weighted by molar-refractivity contribution is 6.16. The van der Waals surface area contributed by atoms with E-state index in [9.17, 15) is 0 Å². The summed E-state index contributed by atoms with van der Waals surface area (Å²) in [7, 11) is 0. The van der Waals surface area contributed by atoms with Gasteiger partial charge in [-0.3, -0.25) is 0 Å². The molecule has 0 N–H and O–H groups in total. The lowest BCUT2D eigenvalue weighted by Crippen LogP contribution is -2.17. The first-order valence-electron chi connectivity index (χ1n) is 26.2. The molecule has 15 rings (SSSR count). The minimum atomic E-state index is -0.208. The molecule has 0 aliphatic heterocycles. The number of rotatable bonds is 7. The van der Waals surface area contributed by atoms with Crippen LogP contribution in [-0.2, 0) is 10.8 Å². The first-order valence-corrected chi connectivity index (χ1v) is 26.2. The molecule has 3 nitrogen and oxygen atoms in total. The van der Waals surface area contributed by atoms with E-state index in [0.717, 1.165) is 50.1 Å². The van der Waals surface area contributed by atoms with Gasteiger partial charge in [-0.2, -0.15) is 0 Å². The highest BCUT2D eigenvalue weighted by atomic mass is 16.3. The van der Waals surface area contributed by atoms with Crippen molar-refractivity contribution < 1.29 is 4.42 Å². The minimum absolute atomic E-state index is 0.157. The molecule has 0 saturated heterocycles. The number of fused-ring (bicyclic) bond motifs is 12. The van der Waals surface area contributed by atoms with Crippen molar-refractivity contribution in [1.82, 2.24) is 4.57 Å². The fourth-order valence-electron chi connectivity index (χ4n) is 13.1. The van der Waals surface area contributed by atoms with Crippen LogP contribution in [0.3, 0.4) is 0 Å². The molecular formula is C72H52N2O. The molecule has 2 aromatic heterocycles. The standard InChI is InChI=1S/C72H52N2O/c1-71(2)61-27-12-8-21-54(61)55-40-38-50(44-64(55)71)73(49-36-32-45(33-37-49)53-25-16-26-58-57-22-11-15-31-68(57)75-70(53)58)65-28-13-9-20-51(65)46-35-41-62-60(42-46)56-39-34-47(43-63(56)72(62,3)4)52-24-17-30-67-69(52)59-23-10-14-29-66(59)74(67)48-18-6-5-7-19-48/h5-44H,1-4H3. The number of aromatic nitrogens is 1. The number of nitrogens with zero attached hydrogens (tertiary/aromatic N) is 2. The highest BCUT2D eigenvalue weighted by Gasteiger charge is 2.38. The van der Waals surface area contributed by atoms with Gasteiger partial charge in [0.05, 0.1) is 16.7 Å². The van der Waals surface area contributed by atoms with Crippen molar-refractivity contribution >= 4 is 60.8 Å². The Morgan fingerprint density at radius 1 is 0.347 bits per heavy atom. The van der Waals surface area contributed by atoms with Crippen LogP contribution >= 0.6 is 0 Å². The smallest absolute Gasteiger partial charge is 0.143 e. The van der Waals surface area contributed by atoms with Crippen molar-refractivity contribution in [2.24, 2.45) is 0 Å². The van der Waals surface area contributed by atoms with Gasteiger partial charge < -0.3 is 13.9 Å². The monoisotopic (exact) mass is 960 g/mol. The molecule has 0 amide bonds. The Morgan fingerprint density at radius 2 is 0.907 bits per heavy atom. The van der Waals surface area contributed by atoms with E-state index >= 15 is 0 Å². The number of hydrogen-bond acceptors (Lipinski definition) is 2. The van der Waals surface area contributed by atoms with Crippen LogP contribution in [0.1, 0.15) is 49.9 Å². The topological polar surface area (TPSA) is 21.3 Å². The van der Waals surface area contributed by atoms with E-state index in [1.54, 1.807) is 0 Å². The van der Waals surface area contributed by atoms with Crippen LogP contribution in [0.25, 0.3) is 105 Å². The van der Waals surface area contributed by atoms with E-state index < -0.39 is 0 Å². The zero-order valence-corrected chi connectivity index (χ0v) is 42.4. The number of para-hydroxylation sites is 5. The number of anilines is 3. The largest absolute Gasteiger partial charge is 0.455 e. The summed E-state index contributed by atoms with van der Waals surface area (Å²) < 4.78 is 8.94. The molecule has 75 heavy (non-hydrogen) atoms. The van der Waals surface area contributed by atoms with Gasteiger partial charge in [-0.05, 0) is 140 Å². The van der Waals surface area contributed by atoms with E-state index in [1.165, 1.54) is 94.3 Å². The molecule has 0 spiro atoms. The van der Waals surface area contributed by atoms with Crippen LogP contribution in [0.15, 0.2) is 247 Å². The van der Waals surface area contributed by atoms with E-state index in [0.29, 0.717) is 0 Å². The zero-order chi connectivity index (χ0) is 50.2. The summed E-state index contributed by atoms with van der Waals surface area (Å²) in [6.45, 7) is 9.52. The van der Waals surface area contributed by atoms with Crippen LogP contribution in [0.2, 0.25) is 0 Å². The molecular weight excluding hydrogens is 909 g/mol. The van der Waals surface area contributed by atoms with Gasteiger partial charge in [-0.1, -0.05) is 198 Å². The number of furan rings is 1. The predicted molar refractivity (Wildman–Crippen MR) is 314 cm³/mol. The average molecular weight is 961 g/mol. The Balaban J connectivity index is 0.859. The van der Waals surface area contributed by atoms with Crippen LogP contribution < -0.4 is 4.90 Å². The molecule has 2 aliphatic carbocycles. The normalized spacial score (nSPS) is 13.8. The second-order valence-corrected chi connectivity index (χ2v) is 21.6. The number of benzene rings is 11. The summed E-state index contributed by atoms with van der Waals surface area (Å²) in [6.07, 6.45) is 0. The lowest BCUT2D eigenvalue weighted by Gasteiger charge is -2.30. The van der Waals surface area contributed by atoms with E-state index in [1.807, 2.05) is 6.07 Å². The summed E-state index contributed by atoms with van der Waals surface area (Å²) in [5.41, 5.74) is 26.0. The van der Waals surface area contributed by atoms with E-state index in [2.05, 4.69) is 274 Å². The van der Waals surface area contributed by atoms with Crippen molar-refractivity contribution in [2.75, 3.05) is 4.90 Å². The Hall–Kier alpha value is -9.18. The molecule has 356 valence electrons. The maximum atomic E-state index is 6.53. The molecule has 2 aliphatic rings. The first-order chi connectivity index (χ1) is 36.7. The highest BCUT2D eigenvalue weighted by Crippen LogP contribution is 2.54. The summed E-state index contributed by atoms with van der Waals surface area (Å²) >= 11 is 0. The molecule has 11 aromatic carbocycles. The first kappa shape index (κ1) is 43.4. The zero-order valence-electron chi connectivity index (χ0n) is 42.4. The fourth-order valence-corrected chi connectivity index (χ4v) is 13.1. The molecule has 0 saturated carbocycles. The van der Waals surface area contributed by atoms with Gasteiger partial charge in [0.15, 0.2) is 0 Å². The van der Waals surface area contributed by atoms with Gasteiger partial charge in [0.25, 0.3) is 0 Å². The second kappa shape index (κ2) is 16.2. The molecule has 13 aromatic rings. The summed E-state index contributed by atoms with van der Waals surface area (Å²) in [5, 5.41) is 4.81. The van der Waals surface area contributed by atoms with Gasteiger partial charge in [0.1, 0.15) is 11.2 Å². The maximum absolute atomic E-state index is 6.53. The fraction of sp³-hybridized carbons (Fsp3) is 0.0833. The quantitative estimate of drug-likeness (QED) is 0.159. The van der Waals surface area contributed by atoms with Crippen molar-refractivity contribution in [1.29, 1.82) is 0 Å². The van der Waals surface area contributed by atoms with Crippen LogP contribution in [0.5, 0.6) is 0 Å². The summed E-state index contributed by atoms with van der Waals surface area (Å²) in [4.78, 5) is 2.47. The van der Waals surface area contributed by atoms with E-state index in [-0.39, 0.29) is 10.8 Å². The van der Waals surface area contributed by atoms with Crippen molar-refractivity contribution in [2.45, 2.75) is 38.5 Å². The Kier molecular flexibility index (Phi) is 9.35. The Morgan fingerprint density at radius 3 is 1.76 bits per heavy atom. The molecule has 0 fully saturated rings. The van der Waals surface area contributed by atoms with Crippen molar-refractivity contribution in [3.05, 3.63) is 265 Å². The lowest BCUT2D eigenvalue weighted by molar-refractivity contribution is 0.660. The summed E-state index contributed by atoms with van der Waals surface area (Å²) in [5.74, 6) is 0. The average Bonchev–Trinajstić information content (AvgIpc) is 4.14. The second-order valence-electron chi connectivity index (χ2n) is 21.6. The van der Waals surface area contributed by atoms with Gasteiger partial charge in [-0.25, -0.2) is 0 Å². The lowest BCUT2D eigenvalue weighted by atomic mass is 9.81. The molecule has 0 radical (unpaired) electrons. The van der Waals surface area contributed by atoms with Gasteiger partial charge >= 0.3 is 0 Å². The molecule has 2 heterocycles. The van der Waals surface area contributed by atoms with Crippen molar-refractivity contribution in [3.63, 3.8) is 0 Å². The Bertz CT molecular complexity index is 4470. The Labute approximate surface area is 437 Å². The number of hydrogen-bond donors (Lipinski definition) is 0. The predicted octanol–water partition coefficient (Wildman–Crippen LogP) is 19.8. The van der Waals surface area contributed by atoms with Gasteiger partial charge in [0.2, 0.25) is 0 Å². The minimum Gasteiger partial charge on any atom is -0.455 e. The van der Waals surface area contributed by atoms with Crippen molar-refractivity contribution in [3.8, 4) is 61.3 Å². The molecule has 0 unspecified atom stereocenters. The third-order valence-corrected chi connectivity index (χ3v) is 16.8. The van der Waals surface area contributed by atoms with Crippen LogP contribution in [-0.4, -0.2) is 4.57 Å². The van der Waals surface area contributed by atoms with Gasteiger partial charge in [0, 0.05) is 60.6 Å². The third kappa shape index (κ3) is 6.41. The molecule has 0 bridgehead atoms. The molecule has 0 atom stereocenters. The van der Waals surface area contributed by atoms with Crippen LogP contribution in [0.4, 0.5) is 17.1 Å². The van der Waals surface area contributed by atoms with Gasteiger partial charge in [-0.15, -0.1) is 0 Å². The third-order valence-electron chi connectivity index (χ3n) is 16.8. The van der Waals surface area contributed by atoms with E-state index in [4.69, 9.17) is 4.42 Å². The summed E-state index contributed by atoms with van der Waals surface area (Å²) in [6, 6.07) is 89.6. The SMILES string of the molecule is CC1(C)c2ccc(-c3ccccc3N(c3ccc(-c4cccc5c4oc4ccccc45)cc3)c3ccc4c(c3)C(C)(C)c3ccccc3-4)cc2-c2ccc(-c3cccc4c3c3ccccc3n4-c3ccccc3)cc21. The maximum Gasteiger partial charge on any atom is 0.143 e. The van der Waals surface area contributed by atoms with Crippen LogP contribution in [0, 0.1) is 0 Å².